The molecule has 2 heterocycles. The van der Waals surface area contributed by atoms with Gasteiger partial charge in [-0.3, -0.25) is 19.9 Å². The van der Waals surface area contributed by atoms with Crippen LogP contribution in [0.1, 0.15) is 44.2 Å². The Morgan fingerprint density at radius 1 is 1.15 bits per heavy atom. The highest BCUT2D eigenvalue weighted by Gasteiger charge is 2.27. The summed E-state index contributed by atoms with van der Waals surface area (Å²) in [5.41, 5.74) is 2.11. The number of amides is 1. The van der Waals surface area contributed by atoms with Crippen molar-refractivity contribution in [3.63, 3.8) is 0 Å². The molecule has 1 amide bonds. The average Bonchev–Trinajstić information content (AvgIpc) is 3.16. The van der Waals surface area contributed by atoms with Gasteiger partial charge in [-0.05, 0) is 38.3 Å². The molecule has 0 radical (unpaired) electrons. The summed E-state index contributed by atoms with van der Waals surface area (Å²) in [6, 6.07) is 1.18. The topological polar surface area (TPSA) is 90.4 Å². The largest absolute Gasteiger partial charge is 0.365 e. The summed E-state index contributed by atoms with van der Waals surface area (Å²) < 4.78 is 0. The molecule has 1 atom stereocenters. The molecule has 7 nitrogen and oxygen atoms in total. The van der Waals surface area contributed by atoms with Gasteiger partial charge in [0.15, 0.2) is 0 Å². The van der Waals surface area contributed by atoms with Gasteiger partial charge < -0.3 is 5.32 Å². The number of aromatic nitrogens is 2. The lowest BCUT2D eigenvalue weighted by Crippen LogP contribution is -2.46. The molecule has 1 saturated carbocycles. The van der Waals surface area contributed by atoms with E-state index in [-0.39, 0.29) is 24.8 Å². The second-order valence-electron chi connectivity index (χ2n) is 6.55. The third-order valence-electron chi connectivity index (χ3n) is 4.83. The Kier molecular flexibility index (Phi) is 9.87. The molecular weight excluding hydrogens is 377 g/mol. The lowest BCUT2D eigenvalue weighted by atomic mass is 10.0. The maximum Gasteiger partial charge on any atom is 0.267 e. The van der Waals surface area contributed by atoms with Crippen LogP contribution in [0.3, 0.4) is 0 Å². The van der Waals surface area contributed by atoms with Crippen molar-refractivity contribution in [2.45, 2.75) is 50.6 Å². The van der Waals surface area contributed by atoms with Gasteiger partial charge in [0.25, 0.3) is 5.91 Å². The van der Waals surface area contributed by atoms with Crippen LogP contribution < -0.4 is 10.8 Å². The first-order chi connectivity index (χ1) is 11.7. The summed E-state index contributed by atoms with van der Waals surface area (Å²) in [4.78, 5) is 22.2. The Morgan fingerprint density at radius 3 is 2.58 bits per heavy atom. The van der Waals surface area contributed by atoms with Gasteiger partial charge >= 0.3 is 0 Å². The monoisotopic (exact) mass is 403 g/mol. The van der Waals surface area contributed by atoms with Gasteiger partial charge in [-0.2, -0.15) is 0 Å². The molecule has 1 aromatic rings. The zero-order valence-electron chi connectivity index (χ0n) is 14.6. The van der Waals surface area contributed by atoms with Crippen LogP contribution in [0.5, 0.6) is 0 Å². The van der Waals surface area contributed by atoms with Crippen molar-refractivity contribution in [2.75, 3.05) is 18.4 Å². The lowest BCUT2D eigenvalue weighted by Gasteiger charge is -2.37. The summed E-state index contributed by atoms with van der Waals surface area (Å²) in [5.74, 6) is 0.172. The Labute approximate surface area is 166 Å². The van der Waals surface area contributed by atoms with Crippen molar-refractivity contribution in [1.29, 1.82) is 0 Å². The number of halogens is 2. The van der Waals surface area contributed by atoms with E-state index in [2.05, 4.69) is 20.2 Å². The van der Waals surface area contributed by atoms with Crippen LogP contribution in [0, 0.1) is 0 Å². The second-order valence-corrected chi connectivity index (χ2v) is 6.55. The SMILES string of the molecule is Cl.Cl.O=C(C=Cc1cnc(N[C@@H]2CCCN(C3CCCC3)C2)cn1)NO. The van der Waals surface area contributed by atoms with Crippen molar-refractivity contribution in [3.8, 4) is 0 Å². The van der Waals surface area contributed by atoms with Gasteiger partial charge in [0.1, 0.15) is 5.82 Å². The number of likely N-dealkylation sites (tertiary alicyclic amines) is 1. The van der Waals surface area contributed by atoms with Crippen molar-refractivity contribution in [2.24, 2.45) is 0 Å². The zero-order chi connectivity index (χ0) is 16.8. The fraction of sp³-hybridized carbons (Fsp3) is 0.588. The van der Waals surface area contributed by atoms with Crippen molar-refractivity contribution < 1.29 is 10.0 Å². The fourth-order valence-corrected chi connectivity index (χ4v) is 3.63. The normalized spacial score (nSPS) is 21.0. The molecule has 1 aromatic heterocycles. The van der Waals surface area contributed by atoms with Crippen LogP contribution >= 0.6 is 24.8 Å². The van der Waals surface area contributed by atoms with Crippen molar-refractivity contribution in [3.05, 3.63) is 24.2 Å². The minimum atomic E-state index is -0.590. The molecule has 26 heavy (non-hydrogen) atoms. The molecule has 1 saturated heterocycles. The van der Waals surface area contributed by atoms with Crippen LogP contribution in [-0.4, -0.2) is 51.2 Å². The van der Waals surface area contributed by atoms with Crippen molar-refractivity contribution >= 4 is 42.6 Å². The van der Waals surface area contributed by atoms with Gasteiger partial charge in [-0.15, -0.1) is 24.8 Å². The number of piperidine rings is 1. The van der Waals surface area contributed by atoms with Crippen LogP contribution in [0.2, 0.25) is 0 Å². The molecule has 0 spiro atoms. The first-order valence-electron chi connectivity index (χ1n) is 8.69. The highest BCUT2D eigenvalue weighted by Crippen LogP contribution is 2.26. The molecule has 9 heteroatoms. The summed E-state index contributed by atoms with van der Waals surface area (Å²) in [7, 11) is 0. The maximum atomic E-state index is 10.9. The zero-order valence-corrected chi connectivity index (χ0v) is 16.3. The maximum absolute atomic E-state index is 10.9. The van der Waals surface area contributed by atoms with Gasteiger partial charge in [0.05, 0.1) is 18.1 Å². The first-order valence-corrected chi connectivity index (χ1v) is 8.69. The molecule has 1 aliphatic carbocycles. The minimum absolute atomic E-state index is 0. The average molecular weight is 404 g/mol. The summed E-state index contributed by atoms with van der Waals surface area (Å²) in [6.07, 6.45) is 13.8. The molecule has 2 fully saturated rings. The number of hydroxylamine groups is 1. The smallest absolute Gasteiger partial charge is 0.267 e. The van der Waals surface area contributed by atoms with Gasteiger partial charge in [0.2, 0.25) is 0 Å². The van der Waals surface area contributed by atoms with Crippen molar-refractivity contribution in [1.82, 2.24) is 20.3 Å². The number of carbonyl (C=O) groups is 1. The number of hydrogen-bond acceptors (Lipinski definition) is 6. The summed E-state index contributed by atoms with van der Waals surface area (Å²) in [6.45, 7) is 2.29. The third-order valence-corrected chi connectivity index (χ3v) is 4.83. The van der Waals surface area contributed by atoms with Gasteiger partial charge in [-0.25, -0.2) is 10.5 Å². The third kappa shape index (κ3) is 6.39. The number of hydrogen-bond donors (Lipinski definition) is 3. The fourth-order valence-electron chi connectivity index (χ4n) is 3.63. The van der Waals surface area contributed by atoms with Crippen LogP contribution in [0.25, 0.3) is 6.08 Å². The van der Waals surface area contributed by atoms with Gasteiger partial charge in [0, 0.05) is 24.7 Å². The number of nitrogens with one attached hydrogen (secondary N) is 2. The quantitative estimate of drug-likeness (QED) is 0.397. The number of nitrogens with zero attached hydrogens (tertiary/aromatic N) is 3. The molecule has 1 aliphatic heterocycles. The standard InChI is InChI=1S/C17H25N5O2.2ClH/c23-17(21-24)8-7-13-10-19-16(11-18-13)20-14-4-3-9-22(12-14)15-5-1-2-6-15;;/h7-8,10-11,14-15,24H,1-6,9,12H2,(H,19,20)(H,21,23);2*1H/t14-;;/m1../s1. The first kappa shape index (κ1) is 22.6. The minimum Gasteiger partial charge on any atom is -0.365 e. The number of rotatable bonds is 5. The number of anilines is 1. The van der Waals surface area contributed by atoms with E-state index in [1.807, 2.05) is 0 Å². The molecule has 3 rings (SSSR count). The van der Waals surface area contributed by atoms with E-state index in [9.17, 15) is 4.79 Å². The van der Waals surface area contributed by atoms with Crippen LogP contribution in [0.4, 0.5) is 5.82 Å². The summed E-state index contributed by atoms with van der Waals surface area (Å²) >= 11 is 0. The second kappa shape index (κ2) is 11.3. The highest BCUT2D eigenvalue weighted by molar-refractivity contribution is 5.90. The molecule has 146 valence electrons. The number of carbonyl (C=O) groups excluding carboxylic acids is 1. The molecular formula is C17H27Cl2N5O2. The van der Waals surface area contributed by atoms with Crippen LogP contribution in [-0.2, 0) is 4.79 Å². The van der Waals surface area contributed by atoms with Crippen LogP contribution in [0.15, 0.2) is 18.5 Å². The molecule has 3 N–H and O–H groups in total. The van der Waals surface area contributed by atoms with Gasteiger partial charge in [-0.1, -0.05) is 12.8 Å². The Hall–Kier alpha value is -1.41. The highest BCUT2D eigenvalue weighted by atomic mass is 35.5. The Morgan fingerprint density at radius 2 is 1.92 bits per heavy atom. The van der Waals surface area contributed by atoms with E-state index in [1.54, 1.807) is 12.4 Å². The molecule has 0 bridgehead atoms. The Balaban J connectivity index is 0.00000169. The lowest BCUT2D eigenvalue weighted by molar-refractivity contribution is -0.124. The van der Waals surface area contributed by atoms with E-state index in [1.165, 1.54) is 56.3 Å². The predicted octanol–water partition coefficient (Wildman–Crippen LogP) is 2.66. The van der Waals surface area contributed by atoms with E-state index in [0.29, 0.717) is 11.7 Å². The summed E-state index contributed by atoms with van der Waals surface area (Å²) in [5, 5.41) is 11.9. The van der Waals surface area contributed by atoms with E-state index in [4.69, 9.17) is 5.21 Å². The molecule has 0 unspecified atom stereocenters. The molecule has 0 aromatic carbocycles. The predicted molar refractivity (Wildman–Crippen MR) is 106 cm³/mol. The Bertz CT molecular complexity index is 579. The van der Waals surface area contributed by atoms with E-state index >= 15 is 0 Å². The molecule has 2 aliphatic rings. The van der Waals surface area contributed by atoms with E-state index < -0.39 is 5.91 Å². The van der Waals surface area contributed by atoms with E-state index in [0.717, 1.165) is 24.8 Å².